The Hall–Kier alpha value is -3.04. The van der Waals surface area contributed by atoms with E-state index in [9.17, 15) is 17.2 Å². The molecule has 5 nitrogen and oxygen atoms in total. The molecule has 1 atom stereocenters. The van der Waals surface area contributed by atoms with E-state index in [4.69, 9.17) is 14.6 Å². The van der Waals surface area contributed by atoms with E-state index in [1.165, 1.54) is 33.3 Å². The summed E-state index contributed by atoms with van der Waals surface area (Å²) in [6, 6.07) is 12.1. The van der Waals surface area contributed by atoms with Crippen LogP contribution in [0.4, 0.5) is 13.2 Å². The number of nitrogens with two attached hydrogens (primary N) is 1. The van der Waals surface area contributed by atoms with E-state index < -0.39 is 38.3 Å². The zero-order chi connectivity index (χ0) is 22.9. The third-order valence-electron chi connectivity index (χ3n) is 5.00. The van der Waals surface area contributed by atoms with Crippen molar-refractivity contribution in [2.24, 2.45) is 5.14 Å². The first-order chi connectivity index (χ1) is 14.6. The molecule has 0 aliphatic carbocycles. The standard InChI is InChI=1S/C22H20F3NO4S/c1-12(14-9-10-17(29-2)22(21(14)30-3)31(26,27)28)18-15(13-7-5-4-6-8-13)11-16(23)19(24)20(18)25/h4-12H,1-3H3,(H2,26,27,28). The van der Waals surface area contributed by atoms with Crippen LogP contribution in [0.25, 0.3) is 11.1 Å². The number of primary sulfonamides is 1. The van der Waals surface area contributed by atoms with E-state index in [1.807, 2.05) is 0 Å². The van der Waals surface area contributed by atoms with Gasteiger partial charge in [-0.2, -0.15) is 0 Å². The van der Waals surface area contributed by atoms with Crippen molar-refractivity contribution >= 4 is 10.0 Å². The highest BCUT2D eigenvalue weighted by atomic mass is 32.2. The number of hydrogen-bond acceptors (Lipinski definition) is 4. The number of rotatable bonds is 6. The van der Waals surface area contributed by atoms with Crippen LogP contribution in [0.15, 0.2) is 53.4 Å². The molecule has 31 heavy (non-hydrogen) atoms. The Morgan fingerprint density at radius 1 is 0.935 bits per heavy atom. The highest BCUT2D eigenvalue weighted by Crippen LogP contribution is 2.44. The summed E-state index contributed by atoms with van der Waals surface area (Å²) in [5.41, 5.74) is 0.629. The molecule has 1 unspecified atom stereocenters. The summed E-state index contributed by atoms with van der Waals surface area (Å²) < 4.78 is 78.1. The zero-order valence-corrected chi connectivity index (χ0v) is 17.8. The summed E-state index contributed by atoms with van der Waals surface area (Å²) in [5.74, 6) is -5.50. The molecule has 0 saturated carbocycles. The Morgan fingerprint density at radius 3 is 2.13 bits per heavy atom. The lowest BCUT2D eigenvalue weighted by Gasteiger charge is -2.23. The van der Waals surface area contributed by atoms with Gasteiger partial charge in [-0.25, -0.2) is 26.7 Å². The Balaban J connectivity index is 2.35. The predicted octanol–water partition coefficient (Wildman–Crippen LogP) is 4.59. The number of ether oxygens (including phenoxy) is 2. The summed E-state index contributed by atoms with van der Waals surface area (Å²) in [6.07, 6.45) is 0. The Labute approximate surface area is 178 Å². The van der Waals surface area contributed by atoms with Crippen LogP contribution < -0.4 is 14.6 Å². The minimum Gasteiger partial charge on any atom is -0.495 e. The summed E-state index contributed by atoms with van der Waals surface area (Å²) in [6.45, 7) is 1.53. The largest absolute Gasteiger partial charge is 0.495 e. The van der Waals surface area contributed by atoms with Gasteiger partial charge in [0.2, 0.25) is 10.0 Å². The second-order valence-corrected chi connectivity index (χ2v) is 8.30. The number of sulfonamides is 1. The van der Waals surface area contributed by atoms with Crippen molar-refractivity contribution in [3.05, 3.63) is 77.1 Å². The quantitative estimate of drug-likeness (QED) is 0.556. The van der Waals surface area contributed by atoms with E-state index >= 15 is 4.39 Å². The molecule has 0 radical (unpaired) electrons. The van der Waals surface area contributed by atoms with E-state index in [0.29, 0.717) is 5.56 Å². The number of hydrogen-bond donors (Lipinski definition) is 1. The lowest BCUT2D eigenvalue weighted by Crippen LogP contribution is -2.17. The summed E-state index contributed by atoms with van der Waals surface area (Å²) in [5, 5.41) is 5.34. The molecule has 0 saturated heterocycles. The van der Waals surface area contributed by atoms with E-state index in [0.717, 1.165) is 6.07 Å². The first-order valence-corrected chi connectivity index (χ1v) is 10.7. The molecule has 0 spiro atoms. The molecule has 2 N–H and O–H groups in total. The van der Waals surface area contributed by atoms with Crippen LogP contribution in [-0.4, -0.2) is 22.6 Å². The SMILES string of the molecule is COc1ccc(C(C)c2c(-c3ccccc3)cc(F)c(F)c2F)c(OC)c1S(N)(=O)=O. The van der Waals surface area contributed by atoms with Gasteiger partial charge in [0, 0.05) is 17.0 Å². The van der Waals surface area contributed by atoms with E-state index in [-0.39, 0.29) is 28.2 Å². The van der Waals surface area contributed by atoms with Crippen LogP contribution in [0, 0.1) is 17.5 Å². The molecule has 9 heteroatoms. The van der Waals surface area contributed by atoms with Gasteiger partial charge >= 0.3 is 0 Å². The second-order valence-electron chi connectivity index (χ2n) is 6.80. The fourth-order valence-corrected chi connectivity index (χ4v) is 4.48. The molecule has 0 aliphatic heterocycles. The van der Waals surface area contributed by atoms with Crippen molar-refractivity contribution in [2.45, 2.75) is 17.7 Å². The Bertz CT molecular complexity index is 1230. The molecule has 0 fully saturated rings. The maximum Gasteiger partial charge on any atom is 0.245 e. The van der Waals surface area contributed by atoms with Crippen molar-refractivity contribution in [2.75, 3.05) is 14.2 Å². The molecule has 0 bridgehead atoms. The molecule has 0 amide bonds. The molecule has 0 aliphatic rings. The van der Waals surface area contributed by atoms with Crippen molar-refractivity contribution in [1.82, 2.24) is 0 Å². The molecule has 0 heterocycles. The van der Waals surface area contributed by atoms with E-state index in [1.54, 1.807) is 30.3 Å². The molecule has 3 aromatic rings. The minimum atomic E-state index is -4.29. The van der Waals surface area contributed by atoms with Crippen molar-refractivity contribution in [3.8, 4) is 22.6 Å². The molecular formula is C22H20F3NO4S. The Kier molecular flexibility index (Phi) is 6.28. The van der Waals surface area contributed by atoms with Crippen molar-refractivity contribution < 1.29 is 31.1 Å². The topological polar surface area (TPSA) is 78.6 Å². The maximum atomic E-state index is 15.0. The van der Waals surface area contributed by atoms with Crippen LogP contribution in [0.5, 0.6) is 11.5 Å². The number of benzene rings is 3. The fraction of sp³-hybridized carbons (Fsp3) is 0.182. The number of methoxy groups -OCH3 is 2. The van der Waals surface area contributed by atoms with Gasteiger partial charge in [0.25, 0.3) is 0 Å². The van der Waals surface area contributed by atoms with Gasteiger partial charge in [-0.05, 0) is 23.3 Å². The lowest BCUT2D eigenvalue weighted by molar-refractivity contribution is 0.368. The van der Waals surface area contributed by atoms with Crippen LogP contribution >= 0.6 is 0 Å². The normalized spacial score (nSPS) is 12.5. The molecular weight excluding hydrogens is 431 g/mol. The van der Waals surface area contributed by atoms with Gasteiger partial charge < -0.3 is 9.47 Å². The lowest BCUT2D eigenvalue weighted by atomic mass is 9.86. The highest BCUT2D eigenvalue weighted by molar-refractivity contribution is 7.89. The van der Waals surface area contributed by atoms with Crippen LogP contribution in [0.3, 0.4) is 0 Å². The number of halogens is 3. The molecule has 164 valence electrons. The zero-order valence-electron chi connectivity index (χ0n) is 16.9. The average molecular weight is 451 g/mol. The molecule has 3 rings (SSSR count). The first-order valence-electron chi connectivity index (χ1n) is 9.12. The molecule has 3 aromatic carbocycles. The first kappa shape index (κ1) is 22.6. The monoisotopic (exact) mass is 451 g/mol. The van der Waals surface area contributed by atoms with Crippen molar-refractivity contribution in [1.29, 1.82) is 0 Å². The van der Waals surface area contributed by atoms with Crippen LogP contribution in [0.1, 0.15) is 24.0 Å². The second kappa shape index (κ2) is 8.60. The van der Waals surface area contributed by atoms with Crippen LogP contribution in [-0.2, 0) is 10.0 Å². The van der Waals surface area contributed by atoms with E-state index in [2.05, 4.69) is 0 Å². The summed E-state index contributed by atoms with van der Waals surface area (Å²) in [4.78, 5) is -0.425. The smallest absolute Gasteiger partial charge is 0.245 e. The summed E-state index contributed by atoms with van der Waals surface area (Å²) in [7, 11) is -1.81. The van der Waals surface area contributed by atoms with Crippen LogP contribution in [0.2, 0.25) is 0 Å². The van der Waals surface area contributed by atoms with Gasteiger partial charge in [-0.1, -0.05) is 43.3 Å². The fourth-order valence-electron chi connectivity index (χ4n) is 3.59. The minimum absolute atomic E-state index is 0.0654. The van der Waals surface area contributed by atoms with Crippen molar-refractivity contribution in [3.63, 3.8) is 0 Å². The van der Waals surface area contributed by atoms with Gasteiger partial charge in [-0.15, -0.1) is 0 Å². The third kappa shape index (κ3) is 4.11. The van der Waals surface area contributed by atoms with Gasteiger partial charge in [0.15, 0.2) is 22.3 Å². The Morgan fingerprint density at radius 2 is 1.58 bits per heavy atom. The van der Waals surface area contributed by atoms with Gasteiger partial charge in [0.05, 0.1) is 14.2 Å². The maximum absolute atomic E-state index is 15.0. The summed E-state index contributed by atoms with van der Waals surface area (Å²) >= 11 is 0. The highest BCUT2D eigenvalue weighted by Gasteiger charge is 2.30. The average Bonchev–Trinajstić information content (AvgIpc) is 2.75. The molecule has 0 aromatic heterocycles. The van der Waals surface area contributed by atoms with Gasteiger partial charge in [-0.3, -0.25) is 0 Å². The predicted molar refractivity (Wildman–Crippen MR) is 110 cm³/mol. The van der Waals surface area contributed by atoms with Gasteiger partial charge in [0.1, 0.15) is 11.5 Å². The third-order valence-corrected chi connectivity index (χ3v) is 5.96.